The number of amides is 1. The first-order valence-electron chi connectivity index (χ1n) is 7.37. The summed E-state index contributed by atoms with van der Waals surface area (Å²) in [6.07, 6.45) is 2.59. The molecule has 0 unspecified atom stereocenters. The third kappa shape index (κ3) is 4.88. The summed E-state index contributed by atoms with van der Waals surface area (Å²) >= 11 is 2.82. The quantitative estimate of drug-likeness (QED) is 0.642. The lowest BCUT2D eigenvalue weighted by atomic mass is 10.2. The molecule has 0 saturated heterocycles. The average molecular weight is 394 g/mol. The van der Waals surface area contributed by atoms with E-state index in [2.05, 4.69) is 15.0 Å². The Balaban J connectivity index is 1.59. The minimum atomic E-state index is -3.68. The number of thiophene rings is 1. The molecule has 130 valence electrons. The fourth-order valence-electron chi connectivity index (χ4n) is 2.08. The molecule has 0 saturated carbocycles. The summed E-state index contributed by atoms with van der Waals surface area (Å²) in [5, 5.41) is 6.75. The Kier molecular flexibility index (Phi) is 5.47. The molecule has 1 aromatic carbocycles. The first-order valence-corrected chi connectivity index (χ1v) is 10.6. The average Bonchev–Trinajstić information content (AvgIpc) is 3.27. The van der Waals surface area contributed by atoms with Crippen molar-refractivity contribution in [1.82, 2.24) is 4.98 Å². The summed E-state index contributed by atoms with van der Waals surface area (Å²) in [6, 6.07) is 9.98. The number of nitrogens with zero attached hydrogens (tertiary/aromatic N) is 1. The predicted molar refractivity (Wildman–Crippen MR) is 101 cm³/mol. The molecule has 3 aromatic rings. The zero-order chi connectivity index (χ0) is 17.7. The van der Waals surface area contributed by atoms with Gasteiger partial charge in [0, 0.05) is 28.6 Å². The zero-order valence-electron chi connectivity index (χ0n) is 13.0. The van der Waals surface area contributed by atoms with E-state index >= 15 is 0 Å². The molecular formula is C16H15N3O3S3. The Morgan fingerprint density at radius 3 is 2.52 bits per heavy atom. The summed E-state index contributed by atoms with van der Waals surface area (Å²) < 4.78 is 26.9. The second kappa shape index (κ2) is 7.77. The highest BCUT2D eigenvalue weighted by Crippen LogP contribution is 2.20. The van der Waals surface area contributed by atoms with Crippen molar-refractivity contribution in [2.75, 3.05) is 10.0 Å². The molecule has 9 heteroatoms. The van der Waals surface area contributed by atoms with Crippen molar-refractivity contribution < 1.29 is 13.2 Å². The molecule has 0 fully saturated rings. The Bertz CT molecular complexity index is 919. The number of thiazole rings is 1. The molecule has 0 bridgehead atoms. The van der Waals surface area contributed by atoms with Gasteiger partial charge >= 0.3 is 0 Å². The molecule has 2 heterocycles. The lowest BCUT2D eigenvalue weighted by molar-refractivity contribution is -0.116. The summed E-state index contributed by atoms with van der Waals surface area (Å²) in [7, 11) is -3.68. The minimum absolute atomic E-state index is 0.107. The van der Waals surface area contributed by atoms with Crippen molar-refractivity contribution in [3.63, 3.8) is 0 Å². The summed E-state index contributed by atoms with van der Waals surface area (Å²) in [4.78, 5) is 17.1. The van der Waals surface area contributed by atoms with E-state index in [1.54, 1.807) is 28.8 Å². The number of nitrogens with one attached hydrogen (secondary N) is 2. The van der Waals surface area contributed by atoms with Crippen LogP contribution < -0.4 is 10.0 Å². The van der Waals surface area contributed by atoms with Gasteiger partial charge in [-0.2, -0.15) is 0 Å². The van der Waals surface area contributed by atoms with Gasteiger partial charge in [-0.3, -0.25) is 9.52 Å². The van der Waals surface area contributed by atoms with E-state index in [1.165, 1.54) is 29.7 Å². The van der Waals surface area contributed by atoms with Crippen LogP contribution in [0, 0.1) is 0 Å². The number of anilines is 2. The largest absolute Gasteiger partial charge is 0.326 e. The monoisotopic (exact) mass is 393 g/mol. The first kappa shape index (κ1) is 17.6. The normalized spacial score (nSPS) is 11.2. The molecule has 25 heavy (non-hydrogen) atoms. The van der Waals surface area contributed by atoms with Crippen LogP contribution in [0.2, 0.25) is 0 Å². The second-order valence-corrected chi connectivity index (χ2v) is 8.70. The third-order valence-corrected chi connectivity index (χ3v) is 6.39. The maximum absolute atomic E-state index is 12.2. The van der Waals surface area contributed by atoms with E-state index in [-0.39, 0.29) is 10.8 Å². The van der Waals surface area contributed by atoms with Gasteiger partial charge in [0.15, 0.2) is 5.13 Å². The van der Waals surface area contributed by atoms with E-state index in [1.807, 2.05) is 17.5 Å². The number of aryl methyl sites for hydroxylation is 1. The predicted octanol–water partition coefficient (Wildman–Crippen LogP) is 3.58. The fraction of sp³-hybridized carbons (Fsp3) is 0.125. The zero-order valence-corrected chi connectivity index (χ0v) is 15.5. The van der Waals surface area contributed by atoms with Crippen LogP contribution in [0.5, 0.6) is 0 Å². The summed E-state index contributed by atoms with van der Waals surface area (Å²) in [6.45, 7) is 0. The van der Waals surface area contributed by atoms with Crippen molar-refractivity contribution >= 4 is 49.4 Å². The SMILES string of the molecule is O=C(CCc1cccs1)Nc1ccc(S(=O)(=O)Nc2nccs2)cc1. The van der Waals surface area contributed by atoms with Crippen molar-refractivity contribution in [2.24, 2.45) is 0 Å². The molecule has 0 aliphatic heterocycles. The second-order valence-electron chi connectivity index (χ2n) is 5.09. The molecule has 2 aromatic heterocycles. The Morgan fingerprint density at radius 1 is 1.08 bits per heavy atom. The van der Waals surface area contributed by atoms with Gasteiger partial charge in [0.1, 0.15) is 0 Å². The van der Waals surface area contributed by atoms with Gasteiger partial charge in [-0.25, -0.2) is 13.4 Å². The highest BCUT2D eigenvalue weighted by Gasteiger charge is 2.15. The molecule has 1 amide bonds. The minimum Gasteiger partial charge on any atom is -0.326 e. The number of carbonyl (C=O) groups is 1. The van der Waals surface area contributed by atoms with Crippen molar-refractivity contribution in [3.05, 3.63) is 58.2 Å². The van der Waals surface area contributed by atoms with E-state index in [9.17, 15) is 13.2 Å². The highest BCUT2D eigenvalue weighted by molar-refractivity contribution is 7.93. The highest BCUT2D eigenvalue weighted by atomic mass is 32.2. The number of hydrogen-bond acceptors (Lipinski definition) is 6. The topological polar surface area (TPSA) is 88.2 Å². The number of rotatable bonds is 7. The van der Waals surface area contributed by atoms with Crippen LogP contribution in [-0.2, 0) is 21.2 Å². The van der Waals surface area contributed by atoms with E-state index < -0.39 is 10.0 Å². The van der Waals surface area contributed by atoms with Crippen LogP contribution >= 0.6 is 22.7 Å². The van der Waals surface area contributed by atoms with Gasteiger partial charge in [-0.05, 0) is 42.1 Å². The Hall–Kier alpha value is -2.23. The van der Waals surface area contributed by atoms with Crippen LogP contribution in [0.3, 0.4) is 0 Å². The molecule has 0 atom stereocenters. The van der Waals surface area contributed by atoms with Crippen molar-refractivity contribution in [1.29, 1.82) is 0 Å². The third-order valence-electron chi connectivity index (χ3n) is 3.28. The van der Waals surface area contributed by atoms with Gasteiger partial charge < -0.3 is 5.32 Å². The lowest BCUT2D eigenvalue weighted by Gasteiger charge is -2.08. The van der Waals surface area contributed by atoms with Gasteiger partial charge in [0.2, 0.25) is 5.91 Å². The first-order chi connectivity index (χ1) is 12.0. The number of hydrogen-bond donors (Lipinski definition) is 2. The number of carbonyl (C=O) groups excluding carboxylic acids is 1. The van der Waals surface area contributed by atoms with Crippen LogP contribution in [-0.4, -0.2) is 19.3 Å². The number of benzene rings is 1. The smallest absolute Gasteiger partial charge is 0.263 e. The van der Waals surface area contributed by atoms with Crippen LogP contribution in [0.25, 0.3) is 0 Å². The van der Waals surface area contributed by atoms with Crippen molar-refractivity contribution in [2.45, 2.75) is 17.7 Å². The molecular weight excluding hydrogens is 378 g/mol. The molecule has 2 N–H and O–H groups in total. The standard InChI is InChI=1S/C16H15N3O3S3/c20-15(8-5-13-2-1-10-23-13)18-12-3-6-14(7-4-12)25(21,22)19-16-17-9-11-24-16/h1-4,6-7,9-11H,5,8H2,(H,17,19)(H,18,20). The number of sulfonamides is 1. The van der Waals surface area contributed by atoms with Crippen LogP contribution in [0.4, 0.5) is 10.8 Å². The lowest BCUT2D eigenvalue weighted by Crippen LogP contribution is -2.14. The molecule has 0 aliphatic carbocycles. The summed E-state index contributed by atoms with van der Waals surface area (Å²) in [5.74, 6) is -0.107. The van der Waals surface area contributed by atoms with Gasteiger partial charge in [0.05, 0.1) is 4.90 Å². The van der Waals surface area contributed by atoms with E-state index in [0.717, 1.165) is 4.88 Å². The maximum atomic E-state index is 12.2. The van der Waals surface area contributed by atoms with Crippen LogP contribution in [0.1, 0.15) is 11.3 Å². The molecule has 0 aliphatic rings. The van der Waals surface area contributed by atoms with Gasteiger partial charge in [-0.1, -0.05) is 6.07 Å². The molecule has 6 nitrogen and oxygen atoms in total. The van der Waals surface area contributed by atoms with E-state index in [4.69, 9.17) is 0 Å². The summed E-state index contributed by atoms with van der Waals surface area (Å²) in [5.41, 5.74) is 0.560. The van der Waals surface area contributed by atoms with Crippen LogP contribution in [0.15, 0.2) is 58.3 Å². The Morgan fingerprint density at radius 2 is 1.88 bits per heavy atom. The number of aromatic nitrogens is 1. The molecule has 0 spiro atoms. The van der Waals surface area contributed by atoms with Gasteiger partial charge in [0.25, 0.3) is 10.0 Å². The Labute approximate surface area is 153 Å². The molecule has 0 radical (unpaired) electrons. The van der Waals surface area contributed by atoms with E-state index in [0.29, 0.717) is 23.7 Å². The van der Waals surface area contributed by atoms with Gasteiger partial charge in [-0.15, -0.1) is 22.7 Å². The maximum Gasteiger partial charge on any atom is 0.263 e. The van der Waals surface area contributed by atoms with Crippen molar-refractivity contribution in [3.8, 4) is 0 Å². The fourth-order valence-corrected chi connectivity index (χ4v) is 4.58. The molecule has 3 rings (SSSR count).